The van der Waals surface area contributed by atoms with E-state index in [1.54, 1.807) is 19.2 Å². The normalized spacial score (nSPS) is 10.3. The van der Waals surface area contributed by atoms with Crippen LogP contribution in [0.25, 0.3) is 0 Å². The van der Waals surface area contributed by atoms with Crippen molar-refractivity contribution in [1.82, 2.24) is 0 Å². The highest BCUT2D eigenvalue weighted by Crippen LogP contribution is 2.26. The molecule has 0 atom stereocenters. The Bertz CT molecular complexity index is 773. The maximum absolute atomic E-state index is 13.6. The molecule has 0 bridgehead atoms. The molecule has 0 heterocycles. The number of benzene rings is 2. The summed E-state index contributed by atoms with van der Waals surface area (Å²) in [6.45, 7) is -0.565. The van der Waals surface area contributed by atoms with Crippen LogP contribution in [0.2, 0.25) is 0 Å². The summed E-state index contributed by atoms with van der Waals surface area (Å²) in [6.07, 6.45) is 0.538. The lowest BCUT2D eigenvalue weighted by Crippen LogP contribution is -2.22. The second-order valence-electron chi connectivity index (χ2n) is 5.30. The van der Waals surface area contributed by atoms with Gasteiger partial charge in [-0.15, -0.1) is 0 Å². The first-order chi connectivity index (χ1) is 12.4. The molecule has 0 fully saturated rings. The van der Waals surface area contributed by atoms with Crippen LogP contribution in [0.5, 0.6) is 5.75 Å². The number of methoxy groups -OCH3 is 1. The van der Waals surface area contributed by atoms with Gasteiger partial charge in [-0.1, -0.05) is 12.1 Å². The second kappa shape index (κ2) is 9.28. The number of hydrogen-bond donors (Lipinski definition) is 1. The molecule has 1 N–H and O–H groups in total. The van der Waals surface area contributed by atoms with Gasteiger partial charge in [-0.2, -0.15) is 0 Å². The highest BCUT2D eigenvalue weighted by molar-refractivity contribution is 9.10. The average molecular weight is 428 g/mol. The molecular formula is C18H16BrF2NO4. The van der Waals surface area contributed by atoms with Gasteiger partial charge in [0.1, 0.15) is 11.6 Å². The third-order valence-corrected chi connectivity index (χ3v) is 4.04. The van der Waals surface area contributed by atoms with E-state index in [4.69, 9.17) is 9.47 Å². The van der Waals surface area contributed by atoms with Gasteiger partial charge in [-0.05, 0) is 46.1 Å². The van der Waals surface area contributed by atoms with Gasteiger partial charge in [0, 0.05) is 17.0 Å². The van der Waals surface area contributed by atoms with Gasteiger partial charge >= 0.3 is 5.97 Å². The third-order valence-electron chi connectivity index (χ3n) is 3.41. The highest BCUT2D eigenvalue weighted by Gasteiger charge is 2.14. The Kier molecular flexibility index (Phi) is 7.08. The third kappa shape index (κ3) is 5.80. The van der Waals surface area contributed by atoms with Crippen molar-refractivity contribution in [1.29, 1.82) is 0 Å². The van der Waals surface area contributed by atoms with E-state index in [9.17, 15) is 18.4 Å². The number of carbonyl (C=O) groups is 2. The summed E-state index contributed by atoms with van der Waals surface area (Å²) in [5, 5.41) is 2.23. The Balaban J connectivity index is 1.78. The van der Waals surface area contributed by atoms with Gasteiger partial charge in [0.05, 0.1) is 12.8 Å². The van der Waals surface area contributed by atoms with E-state index in [2.05, 4.69) is 21.2 Å². The van der Waals surface area contributed by atoms with Crippen LogP contribution in [-0.2, 0) is 20.7 Å². The molecule has 138 valence electrons. The van der Waals surface area contributed by atoms with Gasteiger partial charge in [-0.25, -0.2) is 8.78 Å². The molecule has 0 aliphatic carbocycles. The molecule has 0 aromatic heterocycles. The number of anilines is 1. The molecule has 0 aliphatic heterocycles. The zero-order valence-corrected chi connectivity index (χ0v) is 15.4. The predicted octanol–water partition coefficient (Wildman–Crippen LogP) is 3.85. The number of aryl methyl sites for hydroxylation is 1. The molecule has 2 aromatic carbocycles. The summed E-state index contributed by atoms with van der Waals surface area (Å²) < 4.78 is 36.6. The van der Waals surface area contributed by atoms with Crippen LogP contribution in [0.3, 0.4) is 0 Å². The van der Waals surface area contributed by atoms with E-state index in [1.807, 2.05) is 12.1 Å². The Labute approximate surface area is 157 Å². The molecule has 0 aliphatic rings. The summed E-state index contributed by atoms with van der Waals surface area (Å²) in [6, 6.07) is 8.87. The van der Waals surface area contributed by atoms with E-state index in [0.717, 1.165) is 11.6 Å². The molecule has 0 spiro atoms. The van der Waals surface area contributed by atoms with Crippen molar-refractivity contribution in [2.45, 2.75) is 12.8 Å². The van der Waals surface area contributed by atoms with Gasteiger partial charge in [0.25, 0.3) is 5.91 Å². The molecule has 0 unspecified atom stereocenters. The Morgan fingerprint density at radius 1 is 1.15 bits per heavy atom. The molecule has 8 heteroatoms. The van der Waals surface area contributed by atoms with Gasteiger partial charge < -0.3 is 14.8 Å². The zero-order valence-electron chi connectivity index (χ0n) is 13.9. The SMILES string of the molecule is COc1ccc(CCC(=O)OCC(=O)Nc2c(F)cc(F)cc2Br)cc1. The lowest BCUT2D eigenvalue weighted by molar-refractivity contribution is -0.147. The standard InChI is InChI=1S/C18H16BrF2NO4/c1-25-13-5-2-11(3-6-13)4-7-17(24)26-10-16(23)22-18-14(19)8-12(20)9-15(18)21/h2-3,5-6,8-9H,4,7,10H2,1H3,(H,22,23). The Morgan fingerprint density at radius 3 is 2.46 bits per heavy atom. The fourth-order valence-electron chi connectivity index (χ4n) is 2.09. The summed E-state index contributed by atoms with van der Waals surface area (Å²) in [7, 11) is 1.56. The lowest BCUT2D eigenvalue weighted by Gasteiger charge is -2.09. The molecular weight excluding hydrogens is 412 g/mol. The van der Waals surface area contributed by atoms with Gasteiger partial charge in [0.15, 0.2) is 12.4 Å². The molecule has 5 nitrogen and oxygen atoms in total. The maximum Gasteiger partial charge on any atom is 0.306 e. The van der Waals surface area contributed by atoms with E-state index >= 15 is 0 Å². The summed E-state index contributed by atoms with van der Waals surface area (Å²) >= 11 is 2.96. The maximum atomic E-state index is 13.6. The summed E-state index contributed by atoms with van der Waals surface area (Å²) in [5.41, 5.74) is 0.704. The number of esters is 1. The fourth-order valence-corrected chi connectivity index (χ4v) is 2.60. The van der Waals surface area contributed by atoms with Crippen LogP contribution in [0.4, 0.5) is 14.5 Å². The van der Waals surface area contributed by atoms with Crippen LogP contribution < -0.4 is 10.1 Å². The first-order valence-corrected chi connectivity index (χ1v) is 8.41. The molecule has 2 rings (SSSR count). The number of rotatable bonds is 7. The molecule has 0 saturated heterocycles. The fraction of sp³-hybridized carbons (Fsp3) is 0.222. The minimum Gasteiger partial charge on any atom is -0.497 e. The van der Waals surface area contributed by atoms with Crippen molar-refractivity contribution in [2.75, 3.05) is 19.0 Å². The van der Waals surface area contributed by atoms with Crippen molar-refractivity contribution < 1.29 is 27.8 Å². The molecule has 0 saturated carbocycles. The molecule has 0 radical (unpaired) electrons. The second-order valence-corrected chi connectivity index (χ2v) is 6.16. The highest BCUT2D eigenvalue weighted by atomic mass is 79.9. The quantitative estimate of drug-likeness (QED) is 0.681. The van der Waals surface area contributed by atoms with Crippen molar-refractivity contribution >= 4 is 33.5 Å². The molecule has 2 aromatic rings. The predicted molar refractivity (Wildman–Crippen MR) is 95.0 cm³/mol. The molecule has 1 amide bonds. The van der Waals surface area contributed by atoms with E-state index in [0.29, 0.717) is 18.2 Å². The summed E-state index contributed by atoms with van der Waals surface area (Å²) in [5.74, 6) is -2.29. The van der Waals surface area contributed by atoms with Crippen molar-refractivity contribution in [2.24, 2.45) is 0 Å². The van der Waals surface area contributed by atoms with Crippen molar-refractivity contribution in [3.05, 3.63) is 58.1 Å². The lowest BCUT2D eigenvalue weighted by atomic mass is 10.1. The number of halogens is 3. The number of ether oxygens (including phenoxy) is 2. The van der Waals surface area contributed by atoms with E-state index < -0.39 is 30.1 Å². The number of carbonyl (C=O) groups excluding carboxylic acids is 2. The Morgan fingerprint density at radius 2 is 1.85 bits per heavy atom. The largest absolute Gasteiger partial charge is 0.497 e. The van der Waals surface area contributed by atoms with Crippen LogP contribution in [-0.4, -0.2) is 25.6 Å². The minimum atomic E-state index is -0.934. The molecule has 26 heavy (non-hydrogen) atoms. The minimum absolute atomic E-state index is 0.0502. The smallest absolute Gasteiger partial charge is 0.306 e. The monoisotopic (exact) mass is 427 g/mol. The zero-order chi connectivity index (χ0) is 19.1. The van der Waals surface area contributed by atoms with Gasteiger partial charge in [0.2, 0.25) is 0 Å². The van der Waals surface area contributed by atoms with Crippen LogP contribution in [0, 0.1) is 11.6 Å². The Hall–Kier alpha value is -2.48. The number of amides is 1. The first kappa shape index (κ1) is 19.8. The van der Waals surface area contributed by atoms with Crippen LogP contribution >= 0.6 is 15.9 Å². The number of nitrogens with one attached hydrogen (secondary N) is 1. The average Bonchev–Trinajstić information content (AvgIpc) is 2.61. The van der Waals surface area contributed by atoms with Crippen LogP contribution in [0.15, 0.2) is 40.9 Å². The topological polar surface area (TPSA) is 64.6 Å². The van der Waals surface area contributed by atoms with Crippen molar-refractivity contribution in [3.63, 3.8) is 0 Å². The van der Waals surface area contributed by atoms with E-state index in [1.165, 1.54) is 0 Å². The van der Waals surface area contributed by atoms with E-state index in [-0.39, 0.29) is 16.6 Å². The van der Waals surface area contributed by atoms with Gasteiger partial charge in [-0.3, -0.25) is 9.59 Å². The van der Waals surface area contributed by atoms with Crippen LogP contribution in [0.1, 0.15) is 12.0 Å². The summed E-state index contributed by atoms with van der Waals surface area (Å²) in [4.78, 5) is 23.5. The number of hydrogen-bond acceptors (Lipinski definition) is 4. The van der Waals surface area contributed by atoms with Crippen molar-refractivity contribution in [3.8, 4) is 5.75 Å². The first-order valence-electron chi connectivity index (χ1n) is 7.62.